The molecule has 1 aromatic carbocycles. The number of carbonyl (C=O) groups excluding carboxylic acids is 1. The molecule has 1 amide bonds. The van der Waals surface area contributed by atoms with Crippen LogP contribution in [0.4, 0.5) is 4.79 Å². The molecule has 0 aromatic heterocycles. The fourth-order valence-corrected chi connectivity index (χ4v) is 2.26. The minimum absolute atomic E-state index is 0.0938. The van der Waals surface area contributed by atoms with Crippen LogP contribution in [0.1, 0.15) is 24.3 Å². The maximum Gasteiger partial charge on any atom is 0.413 e. The zero-order valence-electron chi connectivity index (χ0n) is 10.2. The number of ether oxygens (including phenoxy) is 1. The van der Waals surface area contributed by atoms with E-state index in [1.54, 1.807) is 0 Å². The van der Waals surface area contributed by atoms with Crippen molar-refractivity contribution in [1.82, 2.24) is 5.32 Å². The molecule has 0 unspecified atom stereocenters. The third-order valence-electron chi connectivity index (χ3n) is 3.14. The van der Waals surface area contributed by atoms with Gasteiger partial charge in [0.2, 0.25) is 5.90 Å². The topological polar surface area (TPSA) is 62.2 Å². The van der Waals surface area contributed by atoms with Crippen molar-refractivity contribution in [2.45, 2.75) is 24.8 Å². The number of carbonyl (C=O) groups is 1. The van der Waals surface area contributed by atoms with Crippen LogP contribution < -0.4 is 5.32 Å². The van der Waals surface area contributed by atoms with E-state index in [-0.39, 0.29) is 17.8 Å². The van der Waals surface area contributed by atoms with E-state index >= 15 is 0 Å². The zero-order valence-corrected chi connectivity index (χ0v) is 11.7. The molecule has 19 heavy (non-hydrogen) atoms. The summed E-state index contributed by atoms with van der Waals surface area (Å²) in [5.74, 6) is 0.0914. The number of rotatable bonds is 3. The van der Waals surface area contributed by atoms with Gasteiger partial charge in [0.1, 0.15) is 0 Å². The molecule has 0 heterocycles. The van der Waals surface area contributed by atoms with Crippen LogP contribution in [0.3, 0.4) is 0 Å². The van der Waals surface area contributed by atoms with Crippen LogP contribution in [-0.2, 0) is 4.74 Å². The Labute approximate surface area is 121 Å². The Morgan fingerprint density at radius 1 is 1.37 bits per heavy atom. The molecule has 0 aliphatic heterocycles. The average molecular weight is 301 g/mol. The summed E-state index contributed by atoms with van der Waals surface area (Å²) in [5.41, 5.74) is 1.23. The van der Waals surface area contributed by atoms with E-state index < -0.39 is 6.09 Å². The summed E-state index contributed by atoms with van der Waals surface area (Å²) in [5, 5.41) is 10.6. The number of hydrogen-bond donors (Lipinski definition) is 2. The van der Waals surface area contributed by atoms with Crippen molar-refractivity contribution < 1.29 is 9.53 Å². The monoisotopic (exact) mass is 300 g/mol. The van der Waals surface area contributed by atoms with Gasteiger partial charge in [-0.3, -0.25) is 5.41 Å². The molecule has 102 valence electrons. The first kappa shape index (κ1) is 14.2. The minimum Gasteiger partial charge on any atom is -0.395 e. The van der Waals surface area contributed by atoms with Gasteiger partial charge in [-0.15, -0.1) is 11.6 Å². The van der Waals surface area contributed by atoms with Gasteiger partial charge in [0.05, 0.1) is 5.88 Å². The summed E-state index contributed by atoms with van der Waals surface area (Å²) in [6.07, 6.45) is 1.13. The smallest absolute Gasteiger partial charge is 0.395 e. The first-order valence-corrected chi connectivity index (χ1v) is 6.87. The average Bonchev–Trinajstić information content (AvgIpc) is 2.34. The molecule has 6 heteroatoms. The Bertz CT molecular complexity index is 470. The van der Waals surface area contributed by atoms with Crippen molar-refractivity contribution >= 4 is 35.2 Å². The number of halogens is 2. The molecule has 0 saturated heterocycles. The molecule has 0 atom stereocenters. The SMILES string of the molecule is N=C(CCl)OC(=O)NC1CC(c2ccc(Cl)cc2)C1. The zero-order chi connectivity index (χ0) is 13.8. The van der Waals surface area contributed by atoms with Crippen molar-refractivity contribution in [3.63, 3.8) is 0 Å². The lowest BCUT2D eigenvalue weighted by Crippen LogP contribution is -2.44. The number of alkyl carbamates (subject to hydrolysis) is 1. The number of amides is 1. The first-order valence-electron chi connectivity index (χ1n) is 5.95. The molecule has 0 bridgehead atoms. The summed E-state index contributed by atoms with van der Waals surface area (Å²) in [6, 6.07) is 7.84. The van der Waals surface area contributed by atoms with E-state index in [9.17, 15) is 4.79 Å². The second kappa shape index (κ2) is 6.26. The number of hydrogen-bond acceptors (Lipinski definition) is 3. The van der Waals surface area contributed by atoms with Crippen molar-refractivity contribution in [1.29, 1.82) is 5.41 Å². The van der Waals surface area contributed by atoms with Gasteiger partial charge in [0.25, 0.3) is 0 Å². The molecular formula is C13H14Cl2N2O2. The van der Waals surface area contributed by atoms with E-state index in [4.69, 9.17) is 28.6 Å². The van der Waals surface area contributed by atoms with Crippen LogP contribution >= 0.6 is 23.2 Å². The van der Waals surface area contributed by atoms with E-state index in [0.717, 1.165) is 17.9 Å². The maximum atomic E-state index is 11.4. The Morgan fingerprint density at radius 3 is 2.58 bits per heavy atom. The van der Waals surface area contributed by atoms with Crippen molar-refractivity contribution in [2.24, 2.45) is 0 Å². The number of benzene rings is 1. The Kier molecular flexibility index (Phi) is 4.66. The van der Waals surface area contributed by atoms with Crippen molar-refractivity contribution in [3.05, 3.63) is 34.9 Å². The van der Waals surface area contributed by atoms with Crippen LogP contribution in [0.5, 0.6) is 0 Å². The largest absolute Gasteiger partial charge is 0.413 e. The van der Waals surface area contributed by atoms with Gasteiger partial charge in [-0.1, -0.05) is 23.7 Å². The maximum absolute atomic E-state index is 11.4. The highest BCUT2D eigenvalue weighted by atomic mass is 35.5. The Morgan fingerprint density at radius 2 is 2.00 bits per heavy atom. The van der Waals surface area contributed by atoms with E-state index in [0.29, 0.717) is 5.92 Å². The van der Waals surface area contributed by atoms with Crippen LogP contribution in [0.25, 0.3) is 0 Å². The summed E-state index contributed by atoms with van der Waals surface area (Å²) in [6.45, 7) is 0. The summed E-state index contributed by atoms with van der Waals surface area (Å²) in [4.78, 5) is 11.4. The first-order chi connectivity index (χ1) is 9.08. The Balaban J connectivity index is 1.76. The lowest BCUT2D eigenvalue weighted by molar-refractivity contribution is 0.180. The third kappa shape index (κ3) is 3.85. The summed E-state index contributed by atoms with van der Waals surface area (Å²) in [7, 11) is 0. The Hall–Kier alpha value is -1.26. The van der Waals surface area contributed by atoms with Crippen molar-refractivity contribution in [3.8, 4) is 0 Å². The molecular weight excluding hydrogens is 287 g/mol. The fraction of sp³-hybridized carbons (Fsp3) is 0.385. The molecule has 1 aliphatic rings. The number of nitrogens with one attached hydrogen (secondary N) is 2. The van der Waals surface area contributed by atoms with Gasteiger partial charge in [0, 0.05) is 11.1 Å². The molecule has 2 N–H and O–H groups in total. The summed E-state index contributed by atoms with van der Waals surface area (Å²) < 4.78 is 4.65. The normalized spacial score (nSPS) is 21.4. The van der Waals surface area contributed by atoms with Crippen LogP contribution in [0, 0.1) is 5.41 Å². The van der Waals surface area contributed by atoms with Gasteiger partial charge in [-0.2, -0.15) is 0 Å². The predicted octanol–water partition coefficient (Wildman–Crippen LogP) is 3.53. The van der Waals surface area contributed by atoms with Gasteiger partial charge in [-0.05, 0) is 36.5 Å². The fourth-order valence-electron chi connectivity index (χ4n) is 2.08. The van der Waals surface area contributed by atoms with Crippen LogP contribution in [-0.4, -0.2) is 23.9 Å². The lowest BCUT2D eigenvalue weighted by atomic mass is 9.76. The van der Waals surface area contributed by atoms with Gasteiger partial charge < -0.3 is 10.1 Å². The van der Waals surface area contributed by atoms with Gasteiger partial charge in [-0.25, -0.2) is 4.79 Å². The third-order valence-corrected chi connectivity index (χ3v) is 3.63. The minimum atomic E-state index is -0.606. The molecule has 4 nitrogen and oxygen atoms in total. The quantitative estimate of drug-likeness (QED) is 0.509. The van der Waals surface area contributed by atoms with E-state index in [2.05, 4.69) is 10.1 Å². The molecule has 1 aromatic rings. The highest BCUT2D eigenvalue weighted by Crippen LogP contribution is 2.37. The van der Waals surface area contributed by atoms with Crippen LogP contribution in [0.15, 0.2) is 24.3 Å². The molecule has 1 fully saturated rings. The summed E-state index contributed by atoms with van der Waals surface area (Å²) >= 11 is 11.2. The standard InChI is InChI=1S/C13H14Cl2N2O2/c14-7-12(16)19-13(18)17-11-5-9(6-11)8-1-3-10(15)4-2-8/h1-4,9,11,16H,5-7H2,(H,17,18). The van der Waals surface area contributed by atoms with Crippen LogP contribution in [0.2, 0.25) is 5.02 Å². The lowest BCUT2D eigenvalue weighted by Gasteiger charge is -2.35. The second-order valence-corrected chi connectivity index (χ2v) is 5.21. The van der Waals surface area contributed by atoms with Gasteiger partial charge in [0.15, 0.2) is 0 Å². The highest BCUT2D eigenvalue weighted by Gasteiger charge is 2.31. The second-order valence-electron chi connectivity index (χ2n) is 4.51. The van der Waals surface area contributed by atoms with E-state index in [1.165, 1.54) is 5.56 Å². The molecule has 1 saturated carbocycles. The molecule has 0 spiro atoms. The molecule has 1 aliphatic carbocycles. The predicted molar refractivity (Wildman–Crippen MR) is 75.3 cm³/mol. The highest BCUT2D eigenvalue weighted by molar-refractivity contribution is 6.30. The van der Waals surface area contributed by atoms with E-state index in [1.807, 2.05) is 24.3 Å². The molecule has 2 rings (SSSR count). The molecule has 0 radical (unpaired) electrons. The van der Waals surface area contributed by atoms with Crippen molar-refractivity contribution in [2.75, 3.05) is 5.88 Å². The number of alkyl halides is 1. The van der Waals surface area contributed by atoms with Gasteiger partial charge >= 0.3 is 6.09 Å².